The van der Waals surface area contributed by atoms with Crippen molar-refractivity contribution in [3.63, 3.8) is 0 Å². The van der Waals surface area contributed by atoms with Gasteiger partial charge in [0.2, 0.25) is 0 Å². The number of rotatable bonds is 4. The van der Waals surface area contributed by atoms with E-state index in [0.717, 1.165) is 0 Å². The first kappa shape index (κ1) is 10.3. The quantitative estimate of drug-likeness (QED) is 0.691. The number of nitrogens with two attached hydrogens (primary N) is 1. The van der Waals surface area contributed by atoms with Gasteiger partial charge in [-0.3, -0.25) is 9.89 Å². The summed E-state index contributed by atoms with van der Waals surface area (Å²) in [4.78, 5) is 13.4. The monoisotopic (exact) mass is 194 g/mol. The number of aromatic nitrogens is 2. The van der Waals surface area contributed by atoms with Gasteiger partial charge in [0, 0.05) is 13.1 Å². The number of carbonyl (C=O) groups is 1. The van der Waals surface area contributed by atoms with Crippen molar-refractivity contribution in [1.29, 1.82) is 0 Å². The lowest BCUT2D eigenvalue weighted by Gasteiger charge is -2.17. The van der Waals surface area contributed by atoms with Crippen LogP contribution in [0.5, 0.6) is 0 Å². The maximum Gasteiger partial charge on any atom is 0.274 e. The Hall–Kier alpha value is -1.78. The summed E-state index contributed by atoms with van der Waals surface area (Å²) < 4.78 is 0. The molecule has 0 saturated heterocycles. The molecule has 0 bridgehead atoms. The zero-order valence-electron chi connectivity index (χ0n) is 8.16. The molecule has 5 nitrogen and oxygen atoms in total. The second-order valence-electron chi connectivity index (χ2n) is 2.83. The zero-order valence-corrected chi connectivity index (χ0v) is 8.16. The summed E-state index contributed by atoms with van der Waals surface area (Å²) in [5.41, 5.74) is 6.28. The van der Waals surface area contributed by atoms with Crippen LogP contribution in [0.15, 0.2) is 18.9 Å². The molecule has 1 heterocycles. The second kappa shape index (κ2) is 4.45. The number of hydrogen-bond acceptors (Lipinski definition) is 3. The number of aromatic amines is 1. The number of H-pyrrole nitrogens is 1. The first-order valence-corrected chi connectivity index (χ1v) is 4.39. The average molecular weight is 194 g/mol. The molecule has 14 heavy (non-hydrogen) atoms. The van der Waals surface area contributed by atoms with Crippen molar-refractivity contribution >= 4 is 11.6 Å². The third-order valence-electron chi connectivity index (χ3n) is 1.90. The van der Waals surface area contributed by atoms with E-state index in [4.69, 9.17) is 5.73 Å². The Kier molecular flexibility index (Phi) is 3.28. The van der Waals surface area contributed by atoms with E-state index in [-0.39, 0.29) is 5.91 Å². The maximum atomic E-state index is 11.8. The van der Waals surface area contributed by atoms with E-state index in [1.54, 1.807) is 11.0 Å². The highest BCUT2D eigenvalue weighted by Gasteiger charge is 2.16. The standard InChI is InChI=1S/C9H14N4O/c1-3-5-13(4-2)9(14)8-7(10)6-11-12-8/h3,6H,1,4-5,10H2,2H3,(H,11,12). The molecule has 5 heteroatoms. The molecule has 0 spiro atoms. The number of nitrogens with zero attached hydrogens (tertiary/aromatic N) is 2. The maximum absolute atomic E-state index is 11.8. The average Bonchev–Trinajstić information content (AvgIpc) is 2.59. The van der Waals surface area contributed by atoms with E-state index in [2.05, 4.69) is 16.8 Å². The van der Waals surface area contributed by atoms with Gasteiger partial charge in [-0.05, 0) is 6.92 Å². The minimum absolute atomic E-state index is 0.151. The lowest BCUT2D eigenvalue weighted by Crippen LogP contribution is -2.31. The summed E-state index contributed by atoms with van der Waals surface area (Å²) >= 11 is 0. The molecule has 1 aromatic heterocycles. The van der Waals surface area contributed by atoms with E-state index < -0.39 is 0 Å². The Morgan fingerprint density at radius 1 is 1.86 bits per heavy atom. The molecule has 3 N–H and O–H groups in total. The predicted molar refractivity (Wildman–Crippen MR) is 54.8 cm³/mol. The SMILES string of the molecule is C=CCN(CC)C(=O)c1[nH]ncc1N. The van der Waals surface area contributed by atoms with Gasteiger partial charge in [-0.1, -0.05) is 6.08 Å². The molecule has 0 unspecified atom stereocenters. The number of anilines is 1. The molecule has 76 valence electrons. The molecule has 0 saturated carbocycles. The highest BCUT2D eigenvalue weighted by atomic mass is 16.2. The Bertz CT molecular complexity index is 331. The van der Waals surface area contributed by atoms with Crippen molar-refractivity contribution in [2.24, 2.45) is 0 Å². The third-order valence-corrected chi connectivity index (χ3v) is 1.90. The molecule has 0 aliphatic carbocycles. The van der Waals surface area contributed by atoms with Crippen LogP contribution in [0.1, 0.15) is 17.4 Å². The Labute approximate surface area is 82.6 Å². The summed E-state index contributed by atoms with van der Waals surface area (Å²) in [6, 6.07) is 0. The van der Waals surface area contributed by atoms with E-state index in [9.17, 15) is 4.79 Å². The summed E-state index contributed by atoms with van der Waals surface area (Å²) in [6.07, 6.45) is 3.10. The smallest absolute Gasteiger partial charge is 0.274 e. The molecule has 0 aliphatic rings. The van der Waals surface area contributed by atoms with Crippen LogP contribution in [0.4, 0.5) is 5.69 Å². The molecule has 0 aliphatic heterocycles. The predicted octanol–water partition coefficient (Wildman–Crippen LogP) is 0.640. The van der Waals surface area contributed by atoms with Gasteiger partial charge in [0.15, 0.2) is 0 Å². The normalized spacial score (nSPS) is 9.79. The fourth-order valence-electron chi connectivity index (χ4n) is 1.14. The summed E-state index contributed by atoms with van der Waals surface area (Å²) in [5.74, 6) is -0.151. The molecule has 0 radical (unpaired) electrons. The Morgan fingerprint density at radius 2 is 2.57 bits per heavy atom. The van der Waals surface area contributed by atoms with E-state index >= 15 is 0 Å². The second-order valence-corrected chi connectivity index (χ2v) is 2.83. The minimum Gasteiger partial charge on any atom is -0.396 e. The number of nitrogen functional groups attached to an aromatic ring is 1. The van der Waals surface area contributed by atoms with Crippen molar-refractivity contribution in [3.05, 3.63) is 24.5 Å². The van der Waals surface area contributed by atoms with Gasteiger partial charge in [-0.25, -0.2) is 0 Å². The Morgan fingerprint density at radius 3 is 3.00 bits per heavy atom. The van der Waals surface area contributed by atoms with Crippen molar-refractivity contribution in [1.82, 2.24) is 15.1 Å². The van der Waals surface area contributed by atoms with Gasteiger partial charge >= 0.3 is 0 Å². The van der Waals surface area contributed by atoms with Crippen LogP contribution in [-0.4, -0.2) is 34.1 Å². The van der Waals surface area contributed by atoms with Crippen LogP contribution in [0, 0.1) is 0 Å². The fraction of sp³-hybridized carbons (Fsp3) is 0.333. The van der Waals surface area contributed by atoms with Crippen molar-refractivity contribution < 1.29 is 4.79 Å². The number of hydrogen-bond donors (Lipinski definition) is 2. The van der Waals surface area contributed by atoms with Crippen LogP contribution in [0.25, 0.3) is 0 Å². The molecule has 1 rings (SSSR count). The van der Waals surface area contributed by atoms with Gasteiger partial charge in [0.1, 0.15) is 5.69 Å². The summed E-state index contributed by atoms with van der Waals surface area (Å²) in [7, 11) is 0. The lowest BCUT2D eigenvalue weighted by molar-refractivity contribution is 0.0777. The number of nitrogens with one attached hydrogen (secondary N) is 1. The topological polar surface area (TPSA) is 75.0 Å². The van der Waals surface area contributed by atoms with Gasteiger partial charge in [-0.2, -0.15) is 5.10 Å². The molecule has 0 atom stereocenters. The molecule has 1 aromatic rings. The van der Waals surface area contributed by atoms with Gasteiger partial charge in [-0.15, -0.1) is 6.58 Å². The minimum atomic E-state index is -0.151. The Balaban J connectivity index is 2.82. The zero-order chi connectivity index (χ0) is 10.6. The van der Waals surface area contributed by atoms with Crippen LogP contribution in [-0.2, 0) is 0 Å². The lowest BCUT2D eigenvalue weighted by atomic mass is 10.3. The highest BCUT2D eigenvalue weighted by molar-refractivity contribution is 5.97. The first-order chi connectivity index (χ1) is 6.70. The third kappa shape index (κ3) is 1.93. The van der Waals surface area contributed by atoms with Crippen molar-refractivity contribution in [3.8, 4) is 0 Å². The van der Waals surface area contributed by atoms with Crippen LogP contribution < -0.4 is 5.73 Å². The number of amides is 1. The molecular formula is C9H14N4O. The summed E-state index contributed by atoms with van der Waals surface area (Å²) in [5, 5.41) is 6.27. The van der Waals surface area contributed by atoms with Crippen LogP contribution >= 0.6 is 0 Å². The molecule has 0 aromatic carbocycles. The highest BCUT2D eigenvalue weighted by Crippen LogP contribution is 2.09. The van der Waals surface area contributed by atoms with Crippen molar-refractivity contribution in [2.45, 2.75) is 6.92 Å². The van der Waals surface area contributed by atoms with E-state index in [0.29, 0.717) is 24.5 Å². The largest absolute Gasteiger partial charge is 0.396 e. The first-order valence-electron chi connectivity index (χ1n) is 4.39. The number of carbonyl (C=O) groups excluding carboxylic acids is 1. The van der Waals surface area contributed by atoms with Gasteiger partial charge in [0.05, 0.1) is 11.9 Å². The molecule has 0 fully saturated rings. The molecular weight excluding hydrogens is 180 g/mol. The van der Waals surface area contributed by atoms with E-state index in [1.807, 2.05) is 6.92 Å². The van der Waals surface area contributed by atoms with Crippen LogP contribution in [0.3, 0.4) is 0 Å². The van der Waals surface area contributed by atoms with Crippen molar-refractivity contribution in [2.75, 3.05) is 18.8 Å². The van der Waals surface area contributed by atoms with Gasteiger partial charge in [0.25, 0.3) is 5.91 Å². The number of likely N-dealkylation sites (N-methyl/N-ethyl adjacent to an activating group) is 1. The fourth-order valence-corrected chi connectivity index (χ4v) is 1.14. The molecule has 1 amide bonds. The summed E-state index contributed by atoms with van der Waals surface area (Å²) in [6.45, 7) is 6.60. The van der Waals surface area contributed by atoms with E-state index in [1.165, 1.54) is 6.20 Å². The van der Waals surface area contributed by atoms with Crippen LogP contribution in [0.2, 0.25) is 0 Å². The van der Waals surface area contributed by atoms with Gasteiger partial charge < -0.3 is 10.6 Å².